The highest BCUT2D eigenvalue weighted by molar-refractivity contribution is 5.71. The van der Waals surface area contributed by atoms with Gasteiger partial charge in [-0.25, -0.2) is 0 Å². The zero-order valence-corrected chi connectivity index (χ0v) is 11.2. The fraction of sp³-hybridized carbons (Fsp3) is 0.533. The summed E-state index contributed by atoms with van der Waals surface area (Å²) >= 11 is 0. The summed E-state index contributed by atoms with van der Waals surface area (Å²) in [5.41, 5.74) is 0.913. The van der Waals surface area contributed by atoms with Gasteiger partial charge in [-0.05, 0) is 37.0 Å². The van der Waals surface area contributed by atoms with Crippen molar-refractivity contribution in [3.8, 4) is 5.75 Å². The minimum Gasteiger partial charge on any atom is -0.494 e. The second-order valence-corrected chi connectivity index (χ2v) is 4.80. The van der Waals surface area contributed by atoms with Gasteiger partial charge in [0, 0.05) is 6.61 Å². The molecule has 19 heavy (non-hydrogen) atoms. The molecule has 0 aromatic heterocycles. The van der Waals surface area contributed by atoms with Crippen LogP contribution in [0.5, 0.6) is 5.75 Å². The molecule has 2 atom stereocenters. The molecule has 1 aliphatic rings. The van der Waals surface area contributed by atoms with Crippen molar-refractivity contribution in [2.75, 3.05) is 13.2 Å². The summed E-state index contributed by atoms with van der Waals surface area (Å²) < 4.78 is 11.2. The second-order valence-electron chi connectivity index (χ2n) is 4.80. The number of rotatable bonds is 5. The largest absolute Gasteiger partial charge is 0.494 e. The van der Waals surface area contributed by atoms with Crippen LogP contribution in [0, 0.1) is 5.92 Å². The predicted molar refractivity (Wildman–Crippen MR) is 71.3 cm³/mol. The average molecular weight is 264 g/mol. The molecule has 104 valence electrons. The molecule has 1 fully saturated rings. The highest BCUT2D eigenvalue weighted by Crippen LogP contribution is 2.34. The van der Waals surface area contributed by atoms with E-state index in [1.807, 2.05) is 24.3 Å². The number of carboxylic acids is 1. The molecule has 0 aliphatic carbocycles. The van der Waals surface area contributed by atoms with Gasteiger partial charge in [0.15, 0.2) is 0 Å². The molecule has 1 aromatic rings. The van der Waals surface area contributed by atoms with Crippen LogP contribution < -0.4 is 4.74 Å². The summed E-state index contributed by atoms with van der Waals surface area (Å²) in [5, 5.41) is 9.24. The van der Waals surface area contributed by atoms with E-state index in [4.69, 9.17) is 9.47 Å². The van der Waals surface area contributed by atoms with Gasteiger partial charge in [-0.2, -0.15) is 0 Å². The first-order chi connectivity index (χ1) is 9.22. The average Bonchev–Trinajstić information content (AvgIpc) is 2.45. The molecule has 2 rings (SSSR count). The summed E-state index contributed by atoms with van der Waals surface area (Å²) in [6.07, 6.45) is 2.11. The van der Waals surface area contributed by atoms with Crippen LogP contribution in [0.3, 0.4) is 0 Å². The van der Waals surface area contributed by atoms with Gasteiger partial charge in [0.2, 0.25) is 0 Å². The number of hydrogen-bond donors (Lipinski definition) is 1. The van der Waals surface area contributed by atoms with Crippen LogP contribution >= 0.6 is 0 Å². The van der Waals surface area contributed by atoms with E-state index in [0.717, 1.165) is 24.2 Å². The van der Waals surface area contributed by atoms with E-state index in [1.165, 1.54) is 0 Å². The maximum absolute atomic E-state index is 11.2. The summed E-state index contributed by atoms with van der Waals surface area (Å²) in [4.78, 5) is 11.2. The van der Waals surface area contributed by atoms with Gasteiger partial charge in [0.05, 0.1) is 18.6 Å². The molecule has 0 radical (unpaired) electrons. The van der Waals surface area contributed by atoms with Crippen LogP contribution in [0.25, 0.3) is 0 Å². The molecule has 1 saturated heterocycles. The van der Waals surface area contributed by atoms with Crippen LogP contribution in [0.2, 0.25) is 0 Å². The SMILES string of the molecule is CCCOc1ccc(C2OCCCC2C(=O)O)cc1. The Balaban J connectivity index is 2.09. The Bertz CT molecular complexity index is 413. The molecule has 1 heterocycles. The van der Waals surface area contributed by atoms with Crippen LogP contribution in [0.1, 0.15) is 37.9 Å². The van der Waals surface area contributed by atoms with E-state index in [0.29, 0.717) is 19.6 Å². The Morgan fingerprint density at radius 3 is 2.79 bits per heavy atom. The number of benzene rings is 1. The van der Waals surface area contributed by atoms with Crippen molar-refractivity contribution in [1.29, 1.82) is 0 Å². The van der Waals surface area contributed by atoms with E-state index in [-0.39, 0.29) is 6.10 Å². The smallest absolute Gasteiger partial charge is 0.309 e. The first-order valence-electron chi connectivity index (χ1n) is 6.79. The van der Waals surface area contributed by atoms with Crippen molar-refractivity contribution in [3.05, 3.63) is 29.8 Å². The third-order valence-electron chi connectivity index (χ3n) is 3.32. The van der Waals surface area contributed by atoms with Gasteiger partial charge in [-0.15, -0.1) is 0 Å². The Morgan fingerprint density at radius 2 is 2.16 bits per heavy atom. The minimum absolute atomic E-state index is 0.341. The Labute approximate surface area is 113 Å². The molecular weight excluding hydrogens is 244 g/mol. The number of carbonyl (C=O) groups is 1. The molecular formula is C15H20O4. The lowest BCUT2D eigenvalue weighted by Gasteiger charge is -2.29. The standard InChI is InChI=1S/C15H20O4/c1-2-9-18-12-7-5-11(6-8-12)14-13(15(16)17)4-3-10-19-14/h5-8,13-14H,2-4,9-10H2,1H3,(H,16,17). The fourth-order valence-corrected chi connectivity index (χ4v) is 2.34. The Morgan fingerprint density at radius 1 is 1.42 bits per heavy atom. The summed E-state index contributed by atoms with van der Waals surface area (Å²) in [5.74, 6) is -0.416. The Hall–Kier alpha value is -1.55. The summed E-state index contributed by atoms with van der Waals surface area (Å²) in [7, 11) is 0. The third kappa shape index (κ3) is 3.47. The molecule has 0 amide bonds. The quantitative estimate of drug-likeness (QED) is 0.888. The zero-order chi connectivity index (χ0) is 13.7. The molecule has 0 saturated carbocycles. The van der Waals surface area contributed by atoms with Crippen molar-refractivity contribution < 1.29 is 19.4 Å². The van der Waals surface area contributed by atoms with E-state index in [2.05, 4.69) is 6.92 Å². The molecule has 1 aromatic carbocycles. The van der Waals surface area contributed by atoms with Crippen LogP contribution in [0.4, 0.5) is 0 Å². The highest BCUT2D eigenvalue weighted by Gasteiger charge is 2.32. The molecule has 4 heteroatoms. The molecule has 1 aliphatic heterocycles. The number of hydrogen-bond acceptors (Lipinski definition) is 3. The van der Waals surface area contributed by atoms with E-state index in [9.17, 15) is 9.90 Å². The second kappa shape index (κ2) is 6.57. The number of carboxylic acid groups (broad SMARTS) is 1. The third-order valence-corrected chi connectivity index (χ3v) is 3.32. The summed E-state index contributed by atoms with van der Waals surface area (Å²) in [6.45, 7) is 3.38. The van der Waals surface area contributed by atoms with Gasteiger partial charge < -0.3 is 14.6 Å². The van der Waals surface area contributed by atoms with Gasteiger partial charge in [0.25, 0.3) is 0 Å². The van der Waals surface area contributed by atoms with Crippen LogP contribution in [-0.2, 0) is 9.53 Å². The minimum atomic E-state index is -0.781. The van der Waals surface area contributed by atoms with Crippen molar-refractivity contribution in [2.24, 2.45) is 5.92 Å². The van der Waals surface area contributed by atoms with Gasteiger partial charge >= 0.3 is 5.97 Å². The number of aliphatic carboxylic acids is 1. The van der Waals surface area contributed by atoms with Gasteiger partial charge in [-0.1, -0.05) is 19.1 Å². The van der Waals surface area contributed by atoms with E-state index < -0.39 is 11.9 Å². The lowest BCUT2D eigenvalue weighted by molar-refractivity contribution is -0.151. The highest BCUT2D eigenvalue weighted by atomic mass is 16.5. The topological polar surface area (TPSA) is 55.8 Å². The first kappa shape index (κ1) is 13.9. The van der Waals surface area contributed by atoms with E-state index in [1.54, 1.807) is 0 Å². The monoisotopic (exact) mass is 264 g/mol. The first-order valence-corrected chi connectivity index (χ1v) is 6.79. The van der Waals surface area contributed by atoms with Crippen molar-refractivity contribution in [2.45, 2.75) is 32.3 Å². The van der Waals surface area contributed by atoms with Crippen molar-refractivity contribution in [3.63, 3.8) is 0 Å². The molecule has 0 bridgehead atoms. The molecule has 1 N–H and O–H groups in total. The van der Waals surface area contributed by atoms with Crippen LogP contribution in [0.15, 0.2) is 24.3 Å². The molecule has 0 spiro atoms. The maximum atomic E-state index is 11.2. The maximum Gasteiger partial charge on any atom is 0.309 e. The Kier molecular flexibility index (Phi) is 4.80. The molecule has 4 nitrogen and oxygen atoms in total. The van der Waals surface area contributed by atoms with E-state index >= 15 is 0 Å². The van der Waals surface area contributed by atoms with Crippen molar-refractivity contribution >= 4 is 5.97 Å². The fourth-order valence-electron chi connectivity index (χ4n) is 2.34. The van der Waals surface area contributed by atoms with Crippen LogP contribution in [-0.4, -0.2) is 24.3 Å². The summed E-state index contributed by atoms with van der Waals surface area (Å²) in [6, 6.07) is 7.55. The predicted octanol–water partition coefficient (Wildman–Crippen LogP) is 3.03. The lowest BCUT2D eigenvalue weighted by Crippen LogP contribution is -2.28. The normalized spacial score (nSPS) is 23.0. The molecule has 2 unspecified atom stereocenters. The lowest BCUT2D eigenvalue weighted by atomic mass is 9.89. The van der Waals surface area contributed by atoms with Gasteiger partial charge in [-0.3, -0.25) is 4.79 Å². The number of ether oxygens (including phenoxy) is 2. The zero-order valence-electron chi connectivity index (χ0n) is 11.2. The van der Waals surface area contributed by atoms with Crippen molar-refractivity contribution in [1.82, 2.24) is 0 Å². The van der Waals surface area contributed by atoms with Gasteiger partial charge in [0.1, 0.15) is 5.75 Å².